The number of anilines is 1. The van der Waals surface area contributed by atoms with Crippen molar-refractivity contribution >= 4 is 17.6 Å². The Morgan fingerprint density at radius 2 is 1.56 bits per heavy atom. The molecule has 0 aromatic heterocycles. The van der Waals surface area contributed by atoms with E-state index in [1.54, 1.807) is 4.90 Å². The van der Waals surface area contributed by atoms with E-state index in [4.69, 9.17) is 4.74 Å². The Morgan fingerprint density at radius 3 is 2.22 bits per heavy atom. The summed E-state index contributed by atoms with van der Waals surface area (Å²) >= 11 is 0. The summed E-state index contributed by atoms with van der Waals surface area (Å²) < 4.78 is 5.63. The van der Waals surface area contributed by atoms with E-state index < -0.39 is 5.92 Å². The molecule has 0 aliphatic carbocycles. The van der Waals surface area contributed by atoms with Crippen molar-refractivity contribution in [3.63, 3.8) is 0 Å². The molecule has 32 heavy (non-hydrogen) atoms. The molecular weight excluding hydrogens is 398 g/mol. The van der Waals surface area contributed by atoms with Gasteiger partial charge in [0.05, 0.1) is 5.92 Å². The van der Waals surface area contributed by atoms with Crippen LogP contribution in [-0.4, -0.2) is 18.4 Å². The van der Waals surface area contributed by atoms with Crippen molar-refractivity contribution in [2.24, 2.45) is 5.92 Å². The number of aryl methyl sites for hydroxylation is 2. The van der Waals surface area contributed by atoms with Crippen molar-refractivity contribution in [1.82, 2.24) is 0 Å². The second-order valence-corrected chi connectivity index (χ2v) is 9.11. The van der Waals surface area contributed by atoms with E-state index in [0.29, 0.717) is 12.3 Å². The average molecular weight is 428 g/mol. The van der Waals surface area contributed by atoms with Crippen LogP contribution in [0.15, 0.2) is 72.8 Å². The molecule has 0 unspecified atom stereocenters. The molecule has 4 nitrogen and oxygen atoms in total. The Morgan fingerprint density at radius 1 is 0.906 bits per heavy atom. The third-order valence-corrected chi connectivity index (χ3v) is 6.55. The summed E-state index contributed by atoms with van der Waals surface area (Å²) in [6.45, 7) is 8.76. The molecule has 0 bridgehead atoms. The maximum Gasteiger partial charge on any atom is 0.316 e. The minimum absolute atomic E-state index is 0.0461. The fourth-order valence-electron chi connectivity index (χ4n) is 4.17. The number of esters is 1. The second kappa shape index (κ2) is 8.62. The van der Waals surface area contributed by atoms with Crippen LogP contribution in [0.2, 0.25) is 0 Å². The molecule has 4 rings (SSSR count). The summed E-state index contributed by atoms with van der Waals surface area (Å²) in [4.78, 5) is 27.0. The third kappa shape index (κ3) is 4.31. The number of ether oxygens (including phenoxy) is 1. The van der Waals surface area contributed by atoms with Crippen molar-refractivity contribution in [2.45, 2.75) is 39.5 Å². The zero-order chi connectivity index (χ0) is 22.9. The summed E-state index contributed by atoms with van der Waals surface area (Å²) in [5.74, 6) is -0.376. The fourth-order valence-corrected chi connectivity index (χ4v) is 4.17. The van der Waals surface area contributed by atoms with Crippen molar-refractivity contribution in [3.05, 3.63) is 95.1 Å². The van der Waals surface area contributed by atoms with Crippen LogP contribution >= 0.6 is 0 Å². The Hall–Kier alpha value is -3.40. The molecule has 164 valence electrons. The molecule has 0 radical (unpaired) electrons. The molecule has 1 aliphatic rings. The summed E-state index contributed by atoms with van der Waals surface area (Å²) in [5, 5.41) is 0. The van der Waals surface area contributed by atoms with Gasteiger partial charge in [0.25, 0.3) is 0 Å². The van der Waals surface area contributed by atoms with Crippen molar-refractivity contribution in [3.8, 4) is 5.75 Å². The first-order chi connectivity index (χ1) is 15.3. The van der Waals surface area contributed by atoms with Crippen LogP contribution in [0.25, 0.3) is 0 Å². The highest BCUT2D eigenvalue weighted by Crippen LogP contribution is 2.33. The first-order valence-electron chi connectivity index (χ1n) is 11.0. The zero-order valence-corrected chi connectivity index (χ0v) is 19.1. The van der Waals surface area contributed by atoms with Crippen LogP contribution in [0, 0.1) is 19.8 Å². The molecular formula is C28H29NO3. The van der Waals surface area contributed by atoms with Gasteiger partial charge in [0.15, 0.2) is 0 Å². The molecule has 4 heteroatoms. The normalized spacial score (nSPS) is 16.3. The van der Waals surface area contributed by atoms with Gasteiger partial charge in [-0.3, -0.25) is 9.59 Å². The highest BCUT2D eigenvalue weighted by molar-refractivity contribution is 5.99. The summed E-state index contributed by atoms with van der Waals surface area (Å²) in [5.41, 5.74) is 5.34. The summed E-state index contributed by atoms with van der Waals surface area (Å²) in [6, 6.07) is 23.9. The molecule has 1 heterocycles. The van der Waals surface area contributed by atoms with E-state index >= 15 is 0 Å². The number of amides is 1. The average Bonchev–Trinajstić information content (AvgIpc) is 3.18. The molecule has 1 amide bonds. The molecule has 3 aromatic carbocycles. The van der Waals surface area contributed by atoms with Crippen molar-refractivity contribution in [1.29, 1.82) is 0 Å². The van der Waals surface area contributed by atoms with E-state index in [1.807, 2.05) is 74.5 Å². The molecule has 0 N–H and O–H groups in total. The second-order valence-electron chi connectivity index (χ2n) is 9.11. The maximum atomic E-state index is 12.8. The van der Waals surface area contributed by atoms with Crippen LogP contribution in [0.1, 0.15) is 42.5 Å². The van der Waals surface area contributed by atoms with Gasteiger partial charge in [-0.2, -0.15) is 0 Å². The molecule has 1 aliphatic heterocycles. The first-order valence-corrected chi connectivity index (χ1v) is 11.0. The lowest BCUT2D eigenvalue weighted by atomic mass is 9.78. The number of rotatable bonds is 5. The quantitative estimate of drug-likeness (QED) is 0.394. The van der Waals surface area contributed by atoms with Crippen molar-refractivity contribution < 1.29 is 14.3 Å². The number of benzene rings is 3. The molecule has 0 spiro atoms. The molecule has 1 saturated heterocycles. The number of carbonyl (C=O) groups is 2. The lowest BCUT2D eigenvalue weighted by Crippen LogP contribution is -2.27. The smallest absolute Gasteiger partial charge is 0.316 e. The Labute approximate surface area is 189 Å². The van der Waals surface area contributed by atoms with Crippen LogP contribution in [-0.2, 0) is 15.0 Å². The molecule has 3 aromatic rings. The van der Waals surface area contributed by atoms with E-state index in [1.165, 1.54) is 11.1 Å². The summed E-state index contributed by atoms with van der Waals surface area (Å²) in [6.07, 6.45) is 0.172. The third-order valence-electron chi connectivity index (χ3n) is 6.55. The monoisotopic (exact) mass is 427 g/mol. The minimum atomic E-state index is -0.468. The Balaban J connectivity index is 1.43. The fraction of sp³-hybridized carbons (Fsp3) is 0.286. The largest absolute Gasteiger partial charge is 0.426 e. The van der Waals surface area contributed by atoms with Crippen LogP contribution < -0.4 is 9.64 Å². The van der Waals surface area contributed by atoms with Gasteiger partial charge in [-0.1, -0.05) is 62.4 Å². The van der Waals surface area contributed by atoms with Gasteiger partial charge in [0, 0.05) is 24.1 Å². The van der Waals surface area contributed by atoms with Gasteiger partial charge < -0.3 is 9.64 Å². The van der Waals surface area contributed by atoms with Gasteiger partial charge in [0.1, 0.15) is 5.75 Å². The van der Waals surface area contributed by atoms with Crippen LogP contribution in [0.3, 0.4) is 0 Å². The number of nitrogens with zero attached hydrogens (tertiary/aromatic N) is 1. The van der Waals surface area contributed by atoms with Crippen LogP contribution in [0.5, 0.6) is 5.75 Å². The standard InChI is InChI=1S/C28H29NO3/c1-19-10-13-24(16-20(19)2)29-18-21(17-26(29)30)27(31)32-25-14-11-23(12-15-25)28(3,4)22-8-6-5-7-9-22/h5-16,21H,17-18H2,1-4H3/t21-/m0/s1. The Kier molecular flexibility index (Phi) is 5.88. The van der Waals surface area contributed by atoms with E-state index in [-0.39, 0.29) is 23.7 Å². The predicted octanol–water partition coefficient (Wildman–Crippen LogP) is 5.59. The zero-order valence-electron chi connectivity index (χ0n) is 19.1. The summed E-state index contributed by atoms with van der Waals surface area (Å²) in [7, 11) is 0. The van der Waals surface area contributed by atoms with Crippen LogP contribution in [0.4, 0.5) is 5.69 Å². The predicted molar refractivity (Wildman–Crippen MR) is 127 cm³/mol. The van der Waals surface area contributed by atoms with Gasteiger partial charge in [0.2, 0.25) is 5.91 Å². The minimum Gasteiger partial charge on any atom is -0.426 e. The highest BCUT2D eigenvalue weighted by atomic mass is 16.5. The molecule has 0 saturated carbocycles. The number of carbonyl (C=O) groups excluding carboxylic acids is 2. The van der Waals surface area contributed by atoms with E-state index in [0.717, 1.165) is 16.8 Å². The van der Waals surface area contributed by atoms with Gasteiger partial charge in [-0.05, 0) is 60.4 Å². The van der Waals surface area contributed by atoms with Gasteiger partial charge >= 0.3 is 5.97 Å². The highest BCUT2D eigenvalue weighted by Gasteiger charge is 2.36. The topological polar surface area (TPSA) is 46.6 Å². The maximum absolute atomic E-state index is 12.8. The van der Waals surface area contributed by atoms with Gasteiger partial charge in [-0.25, -0.2) is 0 Å². The lowest BCUT2D eigenvalue weighted by Gasteiger charge is -2.26. The number of hydrogen-bond donors (Lipinski definition) is 0. The van der Waals surface area contributed by atoms with Crippen molar-refractivity contribution in [2.75, 3.05) is 11.4 Å². The molecule has 1 atom stereocenters. The number of hydrogen-bond acceptors (Lipinski definition) is 3. The SMILES string of the molecule is Cc1ccc(N2C[C@@H](C(=O)Oc3ccc(C(C)(C)c4ccccc4)cc3)CC2=O)cc1C. The lowest BCUT2D eigenvalue weighted by molar-refractivity contribution is -0.139. The molecule has 1 fully saturated rings. The van der Waals surface area contributed by atoms with E-state index in [2.05, 4.69) is 26.0 Å². The first kappa shape index (κ1) is 21.8. The van der Waals surface area contributed by atoms with E-state index in [9.17, 15) is 9.59 Å². The Bertz CT molecular complexity index is 1130. The van der Waals surface area contributed by atoms with Gasteiger partial charge in [-0.15, -0.1) is 0 Å².